The van der Waals surface area contributed by atoms with Crippen molar-refractivity contribution in [3.63, 3.8) is 0 Å². The van der Waals surface area contributed by atoms with Crippen LogP contribution in [0.15, 0.2) is 78.4 Å². The van der Waals surface area contributed by atoms with Crippen molar-refractivity contribution in [2.75, 3.05) is 21.3 Å². The van der Waals surface area contributed by atoms with Gasteiger partial charge in [-0.15, -0.1) is 0 Å². The Balaban J connectivity index is 2.01. The molecule has 0 aliphatic carbocycles. The van der Waals surface area contributed by atoms with E-state index >= 15 is 0 Å². The Morgan fingerprint density at radius 2 is 1.66 bits per heavy atom. The minimum absolute atomic E-state index is 0.0906. The number of carbonyl (C=O) groups excluding carboxylic acids is 3. The van der Waals surface area contributed by atoms with Crippen molar-refractivity contribution in [2.24, 2.45) is 5.41 Å². The summed E-state index contributed by atoms with van der Waals surface area (Å²) in [7, 11) is 4.34. The first-order valence-electron chi connectivity index (χ1n) is 15.8. The maximum absolute atomic E-state index is 12.7. The molecule has 0 N–H and O–H groups in total. The van der Waals surface area contributed by atoms with Crippen LogP contribution in [-0.2, 0) is 56.0 Å². The summed E-state index contributed by atoms with van der Waals surface area (Å²) in [5.41, 5.74) is 1.40. The first-order valence-corrected chi connectivity index (χ1v) is 15.8. The number of ether oxygens (including phenoxy) is 7. The van der Waals surface area contributed by atoms with E-state index < -0.39 is 41.5 Å². The Morgan fingerprint density at radius 1 is 1.00 bits per heavy atom. The SMILES string of the molecule is CCC(=O)O[C@H]1/C(=C/C(=O)OC)C[C@@H](C[C@@H](OCc2ccc(OC)cc2)[C@@H](C)OCc2ccccc2)O[C@@]1(OC)C(C)(C)/C=C/C=O. The van der Waals surface area contributed by atoms with Gasteiger partial charge in [-0.2, -0.15) is 0 Å². The summed E-state index contributed by atoms with van der Waals surface area (Å²) >= 11 is 0. The van der Waals surface area contributed by atoms with Gasteiger partial charge in [0, 0.05) is 31.4 Å². The Bertz CT molecular complexity index is 1350. The molecule has 1 aliphatic rings. The number of methoxy groups -OCH3 is 3. The topological polar surface area (TPSA) is 116 Å². The number of allylic oxidation sites excluding steroid dienone is 1. The van der Waals surface area contributed by atoms with Gasteiger partial charge in [0.2, 0.25) is 5.79 Å². The molecule has 0 amide bonds. The highest BCUT2D eigenvalue weighted by molar-refractivity contribution is 5.83. The zero-order valence-electron chi connectivity index (χ0n) is 28.4. The van der Waals surface area contributed by atoms with E-state index in [1.807, 2.05) is 75.4 Å². The first-order chi connectivity index (χ1) is 22.5. The van der Waals surface area contributed by atoms with Crippen molar-refractivity contribution >= 4 is 18.2 Å². The van der Waals surface area contributed by atoms with Crippen LogP contribution in [0.4, 0.5) is 0 Å². The molecule has 0 spiro atoms. The van der Waals surface area contributed by atoms with Crippen LogP contribution < -0.4 is 4.74 Å². The van der Waals surface area contributed by atoms with Gasteiger partial charge in [0.15, 0.2) is 6.10 Å². The fourth-order valence-electron chi connectivity index (χ4n) is 5.60. The zero-order chi connectivity index (χ0) is 34.5. The Kier molecular flexibility index (Phi) is 14.3. The molecule has 5 atom stereocenters. The van der Waals surface area contributed by atoms with Crippen LogP contribution in [0.1, 0.15) is 58.1 Å². The molecule has 0 radical (unpaired) electrons. The van der Waals surface area contributed by atoms with E-state index in [4.69, 9.17) is 33.2 Å². The van der Waals surface area contributed by atoms with E-state index in [1.54, 1.807) is 20.1 Å². The van der Waals surface area contributed by atoms with Gasteiger partial charge in [0.05, 0.1) is 45.7 Å². The summed E-state index contributed by atoms with van der Waals surface area (Å²) in [6.45, 7) is 7.91. The van der Waals surface area contributed by atoms with Gasteiger partial charge in [-0.05, 0) is 48.3 Å². The van der Waals surface area contributed by atoms with E-state index in [-0.39, 0.29) is 18.9 Å². The molecular formula is C37H48O10. The van der Waals surface area contributed by atoms with Gasteiger partial charge in [-0.25, -0.2) is 4.79 Å². The molecule has 256 valence electrons. The maximum Gasteiger partial charge on any atom is 0.330 e. The summed E-state index contributed by atoms with van der Waals surface area (Å²) in [5.74, 6) is -2.01. The summed E-state index contributed by atoms with van der Waals surface area (Å²) in [6.07, 6.45) is 3.03. The third-order valence-electron chi connectivity index (χ3n) is 8.32. The van der Waals surface area contributed by atoms with Gasteiger partial charge in [0.25, 0.3) is 0 Å². The van der Waals surface area contributed by atoms with Crippen LogP contribution in [0.5, 0.6) is 5.75 Å². The molecule has 2 aromatic carbocycles. The summed E-state index contributed by atoms with van der Waals surface area (Å²) < 4.78 is 41.9. The van der Waals surface area contributed by atoms with Gasteiger partial charge < -0.3 is 33.2 Å². The number of carbonyl (C=O) groups is 3. The van der Waals surface area contributed by atoms with Crippen LogP contribution in [0.2, 0.25) is 0 Å². The number of hydrogen-bond acceptors (Lipinski definition) is 10. The van der Waals surface area contributed by atoms with Crippen LogP contribution in [0.3, 0.4) is 0 Å². The van der Waals surface area contributed by atoms with E-state index in [0.29, 0.717) is 31.5 Å². The van der Waals surface area contributed by atoms with Crippen molar-refractivity contribution in [3.8, 4) is 5.75 Å². The van der Waals surface area contributed by atoms with Crippen LogP contribution >= 0.6 is 0 Å². The minimum Gasteiger partial charge on any atom is -0.497 e. The monoisotopic (exact) mass is 652 g/mol. The number of rotatable bonds is 17. The molecule has 0 unspecified atom stereocenters. The lowest BCUT2D eigenvalue weighted by atomic mass is 9.74. The molecular weight excluding hydrogens is 604 g/mol. The zero-order valence-corrected chi connectivity index (χ0v) is 28.4. The van der Waals surface area contributed by atoms with E-state index in [1.165, 1.54) is 26.4 Å². The quantitative estimate of drug-likeness (QED) is 0.116. The van der Waals surface area contributed by atoms with Crippen LogP contribution in [-0.4, -0.2) is 69.8 Å². The normalized spacial score (nSPS) is 22.1. The highest BCUT2D eigenvalue weighted by Crippen LogP contribution is 2.48. The predicted molar refractivity (Wildman–Crippen MR) is 175 cm³/mol. The number of aldehydes is 1. The Morgan fingerprint density at radius 3 is 2.26 bits per heavy atom. The lowest BCUT2D eigenvalue weighted by Gasteiger charge is -2.53. The largest absolute Gasteiger partial charge is 0.497 e. The second kappa shape index (κ2) is 17.9. The maximum atomic E-state index is 12.7. The standard InChI is InChI=1S/C37H48O10/c1-8-33(39)46-35-29(22-34(40)42-6)21-31(47-37(35,43-7)36(3,4)19-12-20-38)23-32(26(2)44-24-27-13-10-9-11-14-27)45-25-28-15-17-30(41-5)18-16-28/h9-20,22,26,31-32,35H,8,21,23-25H2,1-7H3/b19-12+,29-22+/t26-,31+,32-,35+,37-/m1/s1. The van der Waals surface area contributed by atoms with Gasteiger partial charge >= 0.3 is 11.9 Å². The summed E-state index contributed by atoms with van der Waals surface area (Å²) in [5, 5.41) is 0. The fraction of sp³-hybridized carbons (Fsp3) is 0.486. The van der Waals surface area contributed by atoms with Gasteiger partial charge in [-0.1, -0.05) is 69.3 Å². The summed E-state index contributed by atoms with van der Waals surface area (Å²) in [4.78, 5) is 36.7. The fourth-order valence-corrected chi connectivity index (χ4v) is 5.60. The number of esters is 2. The lowest BCUT2D eigenvalue weighted by molar-refractivity contribution is -0.339. The van der Waals surface area contributed by atoms with Gasteiger partial charge in [-0.3, -0.25) is 9.59 Å². The molecule has 0 saturated carbocycles. The molecule has 1 heterocycles. The smallest absolute Gasteiger partial charge is 0.330 e. The predicted octanol–water partition coefficient (Wildman–Crippen LogP) is 5.91. The second-order valence-corrected chi connectivity index (χ2v) is 11.9. The first kappa shape index (κ1) is 37.6. The summed E-state index contributed by atoms with van der Waals surface area (Å²) in [6, 6.07) is 17.5. The molecule has 47 heavy (non-hydrogen) atoms. The number of hydrogen-bond donors (Lipinski definition) is 0. The molecule has 10 heteroatoms. The molecule has 3 rings (SSSR count). The molecule has 1 saturated heterocycles. The van der Waals surface area contributed by atoms with E-state index in [2.05, 4.69) is 0 Å². The average Bonchev–Trinajstić information content (AvgIpc) is 3.09. The molecule has 0 aromatic heterocycles. The van der Waals surface area contributed by atoms with Gasteiger partial charge in [0.1, 0.15) is 12.0 Å². The minimum atomic E-state index is -1.63. The molecule has 1 fully saturated rings. The van der Waals surface area contributed by atoms with Crippen molar-refractivity contribution in [2.45, 2.75) is 90.4 Å². The number of benzene rings is 2. The Labute approximate surface area is 278 Å². The van der Waals surface area contributed by atoms with E-state index in [9.17, 15) is 14.4 Å². The highest BCUT2D eigenvalue weighted by Gasteiger charge is 2.59. The van der Waals surface area contributed by atoms with Crippen molar-refractivity contribution in [1.82, 2.24) is 0 Å². The van der Waals surface area contributed by atoms with Crippen molar-refractivity contribution in [1.29, 1.82) is 0 Å². The molecule has 10 nitrogen and oxygen atoms in total. The van der Waals surface area contributed by atoms with E-state index in [0.717, 1.165) is 16.9 Å². The van der Waals surface area contributed by atoms with Crippen LogP contribution in [0, 0.1) is 5.41 Å². The molecule has 1 aliphatic heterocycles. The van der Waals surface area contributed by atoms with Crippen molar-refractivity contribution < 1.29 is 47.5 Å². The average molecular weight is 653 g/mol. The Hall–Kier alpha value is -3.83. The van der Waals surface area contributed by atoms with Crippen molar-refractivity contribution in [3.05, 3.63) is 89.5 Å². The third-order valence-corrected chi connectivity index (χ3v) is 8.32. The molecule has 0 bridgehead atoms. The van der Waals surface area contributed by atoms with Crippen LogP contribution in [0.25, 0.3) is 0 Å². The highest BCUT2D eigenvalue weighted by atomic mass is 16.7. The third kappa shape index (κ3) is 10.1. The lowest BCUT2D eigenvalue weighted by Crippen LogP contribution is -2.63. The molecule has 2 aromatic rings. The second-order valence-electron chi connectivity index (χ2n) is 11.9.